The summed E-state index contributed by atoms with van der Waals surface area (Å²) in [7, 11) is 6.52. The molecule has 0 aliphatic heterocycles. The number of rotatable bonds is 13. The van der Waals surface area contributed by atoms with Crippen LogP contribution in [0.3, 0.4) is 0 Å². The number of primary amides is 1. The maximum Gasteiger partial charge on any atom is 0.519 e. The highest BCUT2D eigenvalue weighted by atomic mass is 16.6. The summed E-state index contributed by atoms with van der Waals surface area (Å²) in [6, 6.07) is 9.20. The zero-order valence-electron chi connectivity index (χ0n) is 32.1. The van der Waals surface area contributed by atoms with Crippen molar-refractivity contribution in [2.45, 2.75) is 44.4 Å². The molecule has 0 radical (unpaired) electrons. The molecule has 6 rings (SSSR count). The number of aromatic hydroxyl groups is 1. The lowest BCUT2D eigenvalue weighted by Gasteiger charge is -2.50. The average molecular weight is 788 g/mol. The zero-order valence-corrected chi connectivity index (χ0v) is 32.1. The molecule has 0 saturated heterocycles. The number of fused-ring (bicyclic) bond motifs is 3. The lowest BCUT2D eigenvalue weighted by atomic mass is 9.58. The van der Waals surface area contributed by atoms with Gasteiger partial charge in [0, 0.05) is 43.4 Å². The lowest BCUT2D eigenvalue weighted by Crippen LogP contribution is -2.63. The van der Waals surface area contributed by atoms with E-state index in [-0.39, 0.29) is 60.2 Å². The summed E-state index contributed by atoms with van der Waals surface area (Å²) in [4.78, 5) is 70.6. The Hall–Kier alpha value is -6.33. The van der Waals surface area contributed by atoms with Gasteiger partial charge in [-0.2, -0.15) is 0 Å². The summed E-state index contributed by atoms with van der Waals surface area (Å²) >= 11 is 0. The standard InChI is InChI=1S/C40H45N5O12/c1-7-13-45(19(2)55-18-26-35(57-39(53)56-26)20-11-9-8-10-12-20)17-27(46)42-24-16-25(43(3)4)22-14-21-15-23-31(44(5)6)34(49)30(38(41)52)37(51)40(23,54)36(50)28(21)33(48)29(22)32(24)47/h8-12,16,21,23,31,47,49-50,54H,2,7,13-15,17-18H2,1,3-6H3,(H2,41,52)(H,42,46)/t21?,23?,31-,40-/m0/s1. The van der Waals surface area contributed by atoms with Crippen molar-refractivity contribution >= 4 is 34.8 Å². The number of carbonyl (C=O) groups excluding carboxylic acids is 4. The molecular weight excluding hydrogens is 742 g/mol. The molecule has 2 aromatic carbocycles. The lowest BCUT2D eigenvalue weighted by molar-refractivity contribution is -0.148. The number of amides is 2. The highest BCUT2D eigenvalue weighted by molar-refractivity contribution is 6.25. The molecule has 0 bridgehead atoms. The molecule has 1 aromatic heterocycles. The van der Waals surface area contributed by atoms with Gasteiger partial charge in [0.05, 0.1) is 23.8 Å². The minimum Gasteiger partial charge on any atom is -0.510 e. The van der Waals surface area contributed by atoms with Crippen LogP contribution in [0.5, 0.6) is 5.75 Å². The Morgan fingerprint density at radius 2 is 1.75 bits per heavy atom. The van der Waals surface area contributed by atoms with Crippen molar-refractivity contribution in [1.29, 1.82) is 0 Å². The van der Waals surface area contributed by atoms with E-state index in [1.54, 1.807) is 63.4 Å². The minimum absolute atomic E-state index is 0.0635. The number of likely N-dealkylation sites (N-methyl/N-ethyl adjacent to an activating group) is 1. The summed E-state index contributed by atoms with van der Waals surface area (Å²) in [6.07, 6.45) is 0.571. The van der Waals surface area contributed by atoms with Gasteiger partial charge >= 0.3 is 5.82 Å². The number of nitrogens with one attached hydrogen (secondary N) is 1. The maximum absolute atomic E-state index is 14.4. The van der Waals surface area contributed by atoms with Crippen LogP contribution in [0.2, 0.25) is 0 Å². The van der Waals surface area contributed by atoms with Crippen LogP contribution in [0.1, 0.15) is 41.4 Å². The van der Waals surface area contributed by atoms with Gasteiger partial charge in [-0.25, -0.2) is 4.79 Å². The molecule has 2 amide bonds. The number of aliphatic hydroxyl groups excluding tert-OH is 2. The Kier molecular flexibility index (Phi) is 10.8. The number of ketones is 2. The number of aliphatic hydroxyl groups is 3. The predicted molar refractivity (Wildman–Crippen MR) is 205 cm³/mol. The van der Waals surface area contributed by atoms with Crippen LogP contribution in [0.15, 0.2) is 85.2 Å². The fourth-order valence-electron chi connectivity index (χ4n) is 8.17. The molecular formula is C40H45N5O12. The second-order valence-electron chi connectivity index (χ2n) is 14.7. The van der Waals surface area contributed by atoms with Crippen molar-refractivity contribution in [2.24, 2.45) is 17.6 Å². The molecule has 0 saturated carbocycles. The number of hydrogen-bond acceptors (Lipinski definition) is 15. The summed E-state index contributed by atoms with van der Waals surface area (Å²) in [5.41, 5.74) is 2.46. The van der Waals surface area contributed by atoms with Crippen LogP contribution in [0.25, 0.3) is 11.3 Å². The number of ether oxygens (including phenoxy) is 1. The number of allylic oxidation sites excluding steroid dienone is 1. The second-order valence-corrected chi connectivity index (χ2v) is 14.7. The van der Waals surface area contributed by atoms with Crippen molar-refractivity contribution < 1.29 is 53.2 Å². The zero-order chi connectivity index (χ0) is 41.7. The average Bonchev–Trinajstić information content (AvgIpc) is 3.53. The summed E-state index contributed by atoms with van der Waals surface area (Å²) < 4.78 is 16.2. The van der Waals surface area contributed by atoms with Gasteiger partial charge in [-0.05, 0) is 57.5 Å². The number of benzene rings is 2. The first-order valence-corrected chi connectivity index (χ1v) is 18.2. The monoisotopic (exact) mass is 787 g/mol. The number of nitrogens with two attached hydrogens (primary N) is 1. The maximum atomic E-state index is 14.4. The number of phenols is 1. The first-order chi connectivity index (χ1) is 26.9. The fraction of sp³-hybridized carbons (Fsp3) is 0.375. The van der Waals surface area contributed by atoms with Crippen LogP contribution < -0.4 is 21.8 Å². The Balaban J connectivity index is 1.28. The highest BCUT2D eigenvalue weighted by Gasteiger charge is 2.63. The van der Waals surface area contributed by atoms with Gasteiger partial charge in [0.1, 0.15) is 17.1 Å². The first kappa shape index (κ1) is 40.3. The third-order valence-corrected chi connectivity index (χ3v) is 10.7. The number of phenolic OH excluding ortho intramolecular Hbond substituents is 1. The van der Waals surface area contributed by atoms with E-state index in [0.717, 1.165) is 0 Å². The first-order valence-electron chi connectivity index (χ1n) is 18.2. The van der Waals surface area contributed by atoms with E-state index >= 15 is 0 Å². The van der Waals surface area contributed by atoms with Gasteiger partial charge in [-0.1, -0.05) is 37.3 Å². The summed E-state index contributed by atoms with van der Waals surface area (Å²) in [5, 5.41) is 48.9. The van der Waals surface area contributed by atoms with Crippen molar-refractivity contribution in [2.75, 3.05) is 51.5 Å². The molecule has 17 heteroatoms. The van der Waals surface area contributed by atoms with E-state index < -0.39 is 75.5 Å². The van der Waals surface area contributed by atoms with Crippen LogP contribution in [0, 0.1) is 11.8 Å². The largest absolute Gasteiger partial charge is 0.519 e. The number of carbonyl (C=O) groups is 4. The van der Waals surface area contributed by atoms with Crippen LogP contribution in [-0.4, -0.2) is 107 Å². The van der Waals surface area contributed by atoms with Crippen LogP contribution >= 0.6 is 0 Å². The topological polar surface area (TPSA) is 250 Å². The van der Waals surface area contributed by atoms with Gasteiger partial charge in [-0.3, -0.25) is 24.1 Å². The van der Waals surface area contributed by atoms with Gasteiger partial charge in [0.2, 0.25) is 11.7 Å². The molecule has 3 aliphatic rings. The number of nitrogens with zero attached hydrogens (tertiary/aromatic N) is 3. The second kappa shape index (κ2) is 15.3. The summed E-state index contributed by atoms with van der Waals surface area (Å²) in [6.45, 7) is 5.60. The van der Waals surface area contributed by atoms with E-state index in [0.29, 0.717) is 29.8 Å². The fourth-order valence-corrected chi connectivity index (χ4v) is 8.17. The van der Waals surface area contributed by atoms with Gasteiger partial charge in [0.25, 0.3) is 5.91 Å². The molecule has 0 spiro atoms. The van der Waals surface area contributed by atoms with E-state index in [4.69, 9.17) is 19.3 Å². The van der Waals surface area contributed by atoms with Gasteiger partial charge < -0.3 is 54.8 Å². The van der Waals surface area contributed by atoms with E-state index in [9.17, 15) is 44.4 Å². The van der Waals surface area contributed by atoms with E-state index in [1.807, 2.05) is 6.92 Å². The molecule has 3 aromatic rings. The van der Waals surface area contributed by atoms with Crippen molar-refractivity contribution in [1.82, 2.24) is 9.80 Å². The van der Waals surface area contributed by atoms with Gasteiger partial charge in [-0.15, -0.1) is 0 Å². The van der Waals surface area contributed by atoms with E-state index in [1.165, 1.54) is 15.9 Å². The number of Topliss-reactive ketones (excluding diaryl/α,β-unsaturated/α-hetero) is 2. The Labute approximate surface area is 326 Å². The van der Waals surface area contributed by atoms with Crippen LogP contribution in [0.4, 0.5) is 11.4 Å². The van der Waals surface area contributed by atoms with Crippen LogP contribution in [-0.2, 0) is 32.1 Å². The van der Waals surface area contributed by atoms with E-state index in [2.05, 4.69) is 11.9 Å². The molecule has 57 heavy (non-hydrogen) atoms. The molecule has 4 atom stereocenters. The SMILES string of the molecule is C=C(OCc1oc(=O)oc1-c1ccccc1)N(CCC)CC(=O)Nc1cc(N(C)C)c2c(c1O)C(=O)C1=C(O)[C@]3(O)C(=O)C(C(N)=O)=C(O)[C@@H](N(C)C)C3CC1C2. The number of hydrogen-bond donors (Lipinski definition) is 6. The van der Waals surface area contributed by atoms with Crippen molar-refractivity contribution in [3.05, 3.63) is 99.0 Å². The summed E-state index contributed by atoms with van der Waals surface area (Å²) in [5.74, 6) is -8.93. The molecule has 0 fully saturated rings. The third kappa shape index (κ3) is 6.92. The molecule has 2 unspecified atom stereocenters. The molecule has 3 aliphatic carbocycles. The van der Waals surface area contributed by atoms with Crippen molar-refractivity contribution in [3.8, 4) is 17.1 Å². The smallest absolute Gasteiger partial charge is 0.510 e. The highest BCUT2D eigenvalue weighted by Crippen LogP contribution is 2.54. The Morgan fingerprint density at radius 3 is 2.37 bits per heavy atom. The minimum atomic E-state index is -2.80. The molecule has 1 heterocycles. The number of anilines is 2. The normalized spacial score (nSPS) is 21.5. The third-order valence-electron chi connectivity index (χ3n) is 10.7. The quantitative estimate of drug-likeness (QED) is 0.0828. The Bertz CT molecular complexity index is 2290. The van der Waals surface area contributed by atoms with Gasteiger partial charge in [0.15, 0.2) is 41.1 Å². The predicted octanol–water partition coefficient (Wildman–Crippen LogP) is 2.74. The molecule has 7 N–H and O–H groups in total. The molecule has 302 valence electrons. The molecule has 17 nitrogen and oxygen atoms in total. The Morgan fingerprint density at radius 1 is 1.07 bits per heavy atom. The van der Waals surface area contributed by atoms with Crippen molar-refractivity contribution in [3.63, 3.8) is 0 Å².